The van der Waals surface area contributed by atoms with Crippen LogP contribution < -0.4 is 10.1 Å². The largest absolute Gasteiger partial charge is 0.490 e. The Morgan fingerprint density at radius 1 is 1.20 bits per heavy atom. The topological polar surface area (TPSA) is 76.5 Å². The van der Waals surface area contributed by atoms with Crippen molar-refractivity contribution in [1.29, 1.82) is 0 Å². The Balaban J connectivity index is 1.71. The van der Waals surface area contributed by atoms with Crippen LogP contribution in [0.2, 0.25) is 0 Å². The molecule has 3 aromatic rings. The lowest BCUT2D eigenvalue weighted by Gasteiger charge is -2.13. The molecule has 2 aromatic carbocycles. The van der Waals surface area contributed by atoms with E-state index < -0.39 is 0 Å². The molecule has 0 bridgehead atoms. The summed E-state index contributed by atoms with van der Waals surface area (Å²) in [4.78, 5) is 26.3. The molecule has 7 nitrogen and oxygen atoms in total. The molecule has 0 spiro atoms. The predicted octanol–water partition coefficient (Wildman–Crippen LogP) is 3.29. The summed E-state index contributed by atoms with van der Waals surface area (Å²) in [5.41, 5.74) is 1.99. The van der Waals surface area contributed by atoms with E-state index in [9.17, 15) is 9.59 Å². The predicted molar refractivity (Wildman–Crippen MR) is 115 cm³/mol. The van der Waals surface area contributed by atoms with Crippen LogP contribution >= 0.6 is 0 Å². The molecular formula is C23H26N4O3. The molecule has 0 radical (unpaired) electrons. The van der Waals surface area contributed by atoms with E-state index in [1.54, 1.807) is 11.9 Å². The number of carbonyl (C=O) groups is 2. The third kappa shape index (κ3) is 4.01. The van der Waals surface area contributed by atoms with Crippen molar-refractivity contribution < 1.29 is 14.3 Å². The molecule has 4 rings (SSSR count). The zero-order chi connectivity index (χ0) is 21.3. The first-order valence-corrected chi connectivity index (χ1v) is 10.2. The zero-order valence-corrected chi connectivity index (χ0v) is 17.5. The number of nitrogens with zero attached hydrogens (tertiary/aromatic N) is 3. The summed E-state index contributed by atoms with van der Waals surface area (Å²) in [6.07, 6.45) is 0.207. The van der Waals surface area contributed by atoms with E-state index in [2.05, 4.69) is 5.32 Å². The van der Waals surface area contributed by atoms with Gasteiger partial charge in [-0.3, -0.25) is 14.3 Å². The molecule has 1 saturated heterocycles. The first kappa shape index (κ1) is 19.9. The van der Waals surface area contributed by atoms with Crippen molar-refractivity contribution in [2.24, 2.45) is 5.92 Å². The summed E-state index contributed by atoms with van der Waals surface area (Å²) in [5, 5.41) is 8.44. The summed E-state index contributed by atoms with van der Waals surface area (Å²) in [7, 11) is 1.72. The maximum absolute atomic E-state index is 12.9. The van der Waals surface area contributed by atoms with Gasteiger partial charge in [0.05, 0.1) is 29.5 Å². The van der Waals surface area contributed by atoms with Gasteiger partial charge in [-0.25, -0.2) is 0 Å². The van der Waals surface area contributed by atoms with Gasteiger partial charge in [-0.05, 0) is 31.5 Å². The first-order chi connectivity index (χ1) is 14.4. The molecule has 0 unspecified atom stereocenters. The maximum atomic E-state index is 12.9. The summed E-state index contributed by atoms with van der Waals surface area (Å²) < 4.78 is 7.88. The van der Waals surface area contributed by atoms with Crippen LogP contribution in [0.15, 0.2) is 48.5 Å². The van der Waals surface area contributed by atoms with Gasteiger partial charge in [0.15, 0.2) is 5.82 Å². The second-order valence-electron chi connectivity index (χ2n) is 7.97. The van der Waals surface area contributed by atoms with Crippen LogP contribution in [0.5, 0.6) is 5.75 Å². The third-order valence-corrected chi connectivity index (χ3v) is 5.23. The van der Waals surface area contributed by atoms with Gasteiger partial charge in [0, 0.05) is 20.0 Å². The number of amides is 2. The number of likely N-dealkylation sites (tertiary alicyclic amines) is 1. The molecule has 2 heterocycles. The van der Waals surface area contributed by atoms with E-state index in [1.807, 2.05) is 67.1 Å². The highest BCUT2D eigenvalue weighted by atomic mass is 16.5. The third-order valence-electron chi connectivity index (χ3n) is 5.23. The Kier molecular flexibility index (Phi) is 5.44. The molecule has 1 aliphatic rings. The fourth-order valence-corrected chi connectivity index (χ4v) is 3.77. The molecule has 0 saturated carbocycles. The van der Waals surface area contributed by atoms with Crippen LogP contribution in [0.3, 0.4) is 0 Å². The van der Waals surface area contributed by atoms with Crippen molar-refractivity contribution in [3.63, 3.8) is 0 Å². The van der Waals surface area contributed by atoms with E-state index >= 15 is 0 Å². The van der Waals surface area contributed by atoms with Crippen LogP contribution in [0.1, 0.15) is 25.8 Å². The van der Waals surface area contributed by atoms with Gasteiger partial charge in [0.25, 0.3) is 0 Å². The van der Waals surface area contributed by atoms with E-state index in [0.717, 1.165) is 16.5 Å². The number of hydrogen-bond acceptors (Lipinski definition) is 4. The van der Waals surface area contributed by atoms with Crippen molar-refractivity contribution in [3.8, 4) is 5.75 Å². The van der Waals surface area contributed by atoms with Crippen molar-refractivity contribution in [1.82, 2.24) is 14.7 Å². The van der Waals surface area contributed by atoms with Crippen molar-refractivity contribution in [2.45, 2.75) is 32.9 Å². The second kappa shape index (κ2) is 8.18. The van der Waals surface area contributed by atoms with E-state index in [4.69, 9.17) is 9.84 Å². The number of hydrogen-bond donors (Lipinski definition) is 1. The van der Waals surface area contributed by atoms with Crippen molar-refractivity contribution in [2.75, 3.05) is 18.9 Å². The fourth-order valence-electron chi connectivity index (χ4n) is 3.77. The van der Waals surface area contributed by atoms with Gasteiger partial charge < -0.3 is 15.0 Å². The summed E-state index contributed by atoms with van der Waals surface area (Å²) in [6.45, 7) is 4.92. The van der Waals surface area contributed by atoms with Crippen LogP contribution in [0, 0.1) is 5.92 Å². The highest BCUT2D eigenvalue weighted by Gasteiger charge is 2.33. The number of carbonyl (C=O) groups excluding carboxylic acids is 2. The molecule has 7 heteroatoms. The van der Waals surface area contributed by atoms with Crippen LogP contribution in [-0.4, -0.2) is 46.2 Å². The minimum Gasteiger partial charge on any atom is -0.490 e. The number of rotatable bonds is 6. The standard InChI is InChI=1S/C23H26N4O3/c1-15(2)30-19-11-7-10-18-21(19)22(24-23(29)17-12-20(28)26(3)14-17)25-27(18)13-16-8-5-4-6-9-16/h4-11,15,17H,12-14H2,1-3H3,(H,24,25,29)/t17-/m1/s1. The highest BCUT2D eigenvalue weighted by Crippen LogP contribution is 2.34. The lowest BCUT2D eigenvalue weighted by molar-refractivity contribution is -0.127. The van der Waals surface area contributed by atoms with Crippen molar-refractivity contribution in [3.05, 3.63) is 54.1 Å². The number of nitrogens with one attached hydrogen (secondary N) is 1. The first-order valence-electron chi connectivity index (χ1n) is 10.2. The van der Waals surface area contributed by atoms with Gasteiger partial charge in [-0.2, -0.15) is 5.10 Å². The lowest BCUT2D eigenvalue weighted by atomic mass is 10.1. The van der Waals surface area contributed by atoms with Gasteiger partial charge >= 0.3 is 0 Å². The SMILES string of the molecule is CC(C)Oc1cccc2c1c(NC(=O)[C@@H]1CC(=O)N(C)C1)nn2Cc1ccccc1. The minimum absolute atomic E-state index is 0.0153. The minimum atomic E-state index is -0.380. The van der Waals surface area contributed by atoms with Crippen LogP contribution in [0.25, 0.3) is 10.9 Å². The van der Waals surface area contributed by atoms with Gasteiger partial charge in [0.2, 0.25) is 11.8 Å². The van der Waals surface area contributed by atoms with E-state index in [0.29, 0.717) is 24.7 Å². The molecule has 1 aliphatic heterocycles. The smallest absolute Gasteiger partial charge is 0.231 e. The molecule has 156 valence electrons. The molecule has 30 heavy (non-hydrogen) atoms. The van der Waals surface area contributed by atoms with Crippen LogP contribution in [-0.2, 0) is 16.1 Å². The second-order valence-corrected chi connectivity index (χ2v) is 7.97. The summed E-state index contributed by atoms with van der Waals surface area (Å²) in [6, 6.07) is 15.8. The van der Waals surface area contributed by atoms with Gasteiger partial charge in [-0.15, -0.1) is 0 Å². The Morgan fingerprint density at radius 3 is 2.63 bits per heavy atom. The molecule has 1 atom stereocenters. The van der Waals surface area contributed by atoms with Gasteiger partial charge in [-0.1, -0.05) is 36.4 Å². The average molecular weight is 406 g/mol. The van der Waals surface area contributed by atoms with Crippen LogP contribution in [0.4, 0.5) is 5.82 Å². The average Bonchev–Trinajstić information content (AvgIpc) is 3.23. The number of benzene rings is 2. The Hall–Kier alpha value is -3.35. The normalized spacial score (nSPS) is 16.5. The number of ether oxygens (including phenoxy) is 1. The van der Waals surface area contributed by atoms with Crippen molar-refractivity contribution >= 4 is 28.5 Å². The fraction of sp³-hybridized carbons (Fsp3) is 0.348. The number of anilines is 1. The maximum Gasteiger partial charge on any atom is 0.231 e. The van der Waals surface area contributed by atoms with E-state index in [1.165, 1.54) is 0 Å². The molecular weight excluding hydrogens is 380 g/mol. The number of fused-ring (bicyclic) bond motifs is 1. The summed E-state index contributed by atoms with van der Waals surface area (Å²) in [5.74, 6) is 0.549. The molecule has 2 amide bonds. The molecule has 1 aromatic heterocycles. The Morgan fingerprint density at radius 2 is 1.97 bits per heavy atom. The Labute approximate surface area is 175 Å². The quantitative estimate of drug-likeness (QED) is 0.682. The van der Waals surface area contributed by atoms with E-state index in [-0.39, 0.29) is 30.3 Å². The molecule has 1 N–H and O–H groups in total. The monoisotopic (exact) mass is 406 g/mol. The Bertz CT molecular complexity index is 1070. The zero-order valence-electron chi connectivity index (χ0n) is 17.5. The highest BCUT2D eigenvalue weighted by molar-refractivity contribution is 6.04. The molecule has 1 fully saturated rings. The molecule has 0 aliphatic carbocycles. The summed E-state index contributed by atoms with van der Waals surface area (Å²) >= 11 is 0. The van der Waals surface area contributed by atoms with Gasteiger partial charge in [0.1, 0.15) is 5.75 Å². The number of aromatic nitrogens is 2. The lowest BCUT2D eigenvalue weighted by Crippen LogP contribution is -2.26.